The molecule has 50 heavy (non-hydrogen) atoms. The molecule has 2 N–H and O–H groups in total. The van der Waals surface area contributed by atoms with E-state index in [4.69, 9.17) is 25.8 Å². The predicted octanol–water partition coefficient (Wildman–Crippen LogP) is 6.45. The Morgan fingerprint density at radius 2 is 1.54 bits per heavy atom. The van der Waals surface area contributed by atoms with Crippen molar-refractivity contribution in [1.29, 1.82) is 5.26 Å². The molecule has 0 unspecified atom stereocenters. The van der Waals surface area contributed by atoms with Crippen molar-refractivity contribution in [2.75, 3.05) is 46.5 Å². The molecule has 264 valence electrons. The van der Waals surface area contributed by atoms with Crippen LogP contribution in [0.25, 0.3) is 11.1 Å². The maximum Gasteiger partial charge on any atom is 0.142 e. The summed E-state index contributed by atoms with van der Waals surface area (Å²) < 4.78 is 18.7. The number of ether oxygens (including phenoxy) is 3. The fourth-order valence-electron chi connectivity index (χ4n) is 6.27. The predicted molar refractivity (Wildman–Crippen MR) is 195 cm³/mol. The molecular weight excluding hydrogens is 652 g/mol. The van der Waals surface area contributed by atoms with Crippen LogP contribution in [-0.4, -0.2) is 77.5 Å². The van der Waals surface area contributed by atoms with E-state index in [0.29, 0.717) is 41.8 Å². The Kier molecular flexibility index (Phi) is 13.6. The average Bonchev–Trinajstić information content (AvgIpc) is 3.65. The summed E-state index contributed by atoms with van der Waals surface area (Å²) in [7, 11) is 1.81. The summed E-state index contributed by atoms with van der Waals surface area (Å²) in [6.07, 6.45) is 5.73. The highest BCUT2D eigenvalue weighted by Gasteiger charge is 2.19. The molecule has 10 heteroatoms. The number of aromatic nitrogens is 1. The maximum atomic E-state index is 9.72. The number of likely N-dealkylation sites (N-methyl/N-ethyl adjacent to an activating group) is 1. The van der Waals surface area contributed by atoms with Gasteiger partial charge in [-0.1, -0.05) is 48.0 Å². The van der Waals surface area contributed by atoms with Gasteiger partial charge < -0.3 is 29.3 Å². The number of rotatable bonds is 17. The fraction of sp³-hybridized carbons (Fsp3) is 0.400. The molecule has 3 aromatic carbocycles. The number of halogens is 1. The second kappa shape index (κ2) is 18.3. The van der Waals surface area contributed by atoms with Crippen LogP contribution in [0.2, 0.25) is 5.02 Å². The lowest BCUT2D eigenvalue weighted by atomic mass is 9.92. The zero-order chi connectivity index (χ0) is 35.5. The second-order valence-corrected chi connectivity index (χ2v) is 13.3. The number of benzene rings is 3. The Labute approximate surface area is 300 Å². The van der Waals surface area contributed by atoms with Crippen molar-refractivity contribution >= 4 is 11.6 Å². The molecule has 1 aliphatic rings. The number of likely N-dealkylation sites (tertiary alicyclic amines) is 1. The van der Waals surface area contributed by atoms with Gasteiger partial charge in [-0.3, -0.25) is 9.88 Å². The number of aliphatic hydroxyl groups is 2. The first-order valence-corrected chi connectivity index (χ1v) is 17.5. The molecule has 0 bridgehead atoms. The van der Waals surface area contributed by atoms with Crippen LogP contribution in [0.5, 0.6) is 11.5 Å². The van der Waals surface area contributed by atoms with Crippen LogP contribution in [0.4, 0.5) is 0 Å². The molecule has 5 rings (SSSR count). The number of hydrogen-bond donors (Lipinski definition) is 2. The van der Waals surface area contributed by atoms with Crippen molar-refractivity contribution in [2.45, 2.75) is 59.1 Å². The highest BCUT2D eigenvalue weighted by molar-refractivity contribution is 6.32. The molecule has 1 fully saturated rings. The second-order valence-electron chi connectivity index (χ2n) is 12.9. The lowest BCUT2D eigenvalue weighted by Crippen LogP contribution is -2.37. The van der Waals surface area contributed by atoms with Gasteiger partial charge in [0.1, 0.15) is 30.8 Å². The van der Waals surface area contributed by atoms with Crippen molar-refractivity contribution in [3.8, 4) is 28.7 Å². The number of nitriles is 1. The van der Waals surface area contributed by atoms with Crippen molar-refractivity contribution in [3.63, 3.8) is 0 Å². The normalized spacial score (nSPS) is 13.3. The molecule has 1 saturated heterocycles. The van der Waals surface area contributed by atoms with Gasteiger partial charge in [0.25, 0.3) is 0 Å². The van der Waals surface area contributed by atoms with E-state index < -0.39 is 6.04 Å². The zero-order valence-electron chi connectivity index (χ0n) is 29.2. The van der Waals surface area contributed by atoms with Crippen LogP contribution in [0.1, 0.15) is 51.8 Å². The van der Waals surface area contributed by atoms with Gasteiger partial charge in [-0.25, -0.2) is 0 Å². The van der Waals surface area contributed by atoms with Gasteiger partial charge in [0.2, 0.25) is 0 Å². The topological polar surface area (TPSA) is 111 Å². The van der Waals surface area contributed by atoms with Gasteiger partial charge in [-0.2, -0.15) is 5.26 Å². The van der Waals surface area contributed by atoms with Crippen molar-refractivity contribution in [1.82, 2.24) is 14.8 Å². The van der Waals surface area contributed by atoms with Crippen LogP contribution < -0.4 is 9.47 Å². The van der Waals surface area contributed by atoms with Crippen molar-refractivity contribution in [3.05, 3.63) is 111 Å². The first-order valence-electron chi connectivity index (χ1n) is 17.1. The average molecular weight is 699 g/mol. The van der Waals surface area contributed by atoms with E-state index in [1.807, 2.05) is 11.9 Å². The molecule has 0 saturated carbocycles. The van der Waals surface area contributed by atoms with E-state index in [0.717, 1.165) is 41.0 Å². The largest absolute Gasteiger partial charge is 0.488 e. The van der Waals surface area contributed by atoms with E-state index in [9.17, 15) is 15.5 Å². The fourth-order valence-corrected chi connectivity index (χ4v) is 6.51. The Morgan fingerprint density at radius 1 is 0.880 bits per heavy atom. The standard InChI is InChI=1S/C40H47ClN4O5/c1-28-32(26-48-15-14-45-12-4-5-13-45)8-6-10-36(28)37-11-7-9-33(29(37)2)27-50-40-18-39(49-25-31-16-30(19-42)20-43-21-31)34(17-38(40)41)22-44(3)35(23-46)24-47/h6-11,16-18,20-21,35,46-47H,4-5,12-15,22-27H2,1-3H3. The third-order valence-electron chi connectivity index (χ3n) is 9.47. The molecule has 1 aliphatic heterocycles. The summed E-state index contributed by atoms with van der Waals surface area (Å²) in [6.45, 7) is 9.38. The highest BCUT2D eigenvalue weighted by atomic mass is 35.5. The molecule has 1 aromatic heterocycles. The molecule has 0 amide bonds. The van der Waals surface area contributed by atoms with Gasteiger partial charge in [0, 0.05) is 42.7 Å². The summed E-state index contributed by atoms with van der Waals surface area (Å²) in [4.78, 5) is 8.44. The molecule has 9 nitrogen and oxygen atoms in total. The lowest BCUT2D eigenvalue weighted by Gasteiger charge is -2.26. The minimum Gasteiger partial charge on any atom is -0.488 e. The van der Waals surface area contributed by atoms with Crippen LogP contribution >= 0.6 is 11.6 Å². The summed E-state index contributed by atoms with van der Waals surface area (Å²) in [5, 5.41) is 29.2. The monoisotopic (exact) mass is 698 g/mol. The van der Waals surface area contributed by atoms with E-state index >= 15 is 0 Å². The van der Waals surface area contributed by atoms with Crippen molar-refractivity contribution in [2.24, 2.45) is 0 Å². The van der Waals surface area contributed by atoms with E-state index in [-0.39, 0.29) is 19.8 Å². The van der Waals surface area contributed by atoms with Gasteiger partial charge in [0.05, 0.1) is 43.1 Å². The summed E-state index contributed by atoms with van der Waals surface area (Å²) in [5.41, 5.74) is 8.81. The number of pyridine rings is 1. The zero-order valence-corrected chi connectivity index (χ0v) is 30.0. The number of hydrogen-bond acceptors (Lipinski definition) is 9. The van der Waals surface area contributed by atoms with Crippen LogP contribution in [0.15, 0.2) is 67.0 Å². The summed E-state index contributed by atoms with van der Waals surface area (Å²) in [5.74, 6) is 1.00. The van der Waals surface area contributed by atoms with E-state index in [1.54, 1.807) is 24.4 Å². The maximum absolute atomic E-state index is 9.72. The minimum atomic E-state index is -0.444. The molecule has 0 atom stereocenters. The molecule has 0 aliphatic carbocycles. The quantitative estimate of drug-likeness (QED) is 0.120. The highest BCUT2D eigenvalue weighted by Crippen LogP contribution is 2.36. The van der Waals surface area contributed by atoms with E-state index in [1.165, 1.54) is 48.8 Å². The first kappa shape index (κ1) is 37.3. The third kappa shape index (κ3) is 9.61. The van der Waals surface area contributed by atoms with E-state index in [2.05, 4.69) is 66.2 Å². The molecule has 0 spiro atoms. The Morgan fingerprint density at radius 3 is 2.20 bits per heavy atom. The lowest BCUT2D eigenvalue weighted by molar-refractivity contribution is 0.0866. The molecule has 4 aromatic rings. The molecule has 2 heterocycles. The van der Waals surface area contributed by atoms with Crippen LogP contribution in [-0.2, 0) is 31.1 Å². The SMILES string of the molecule is Cc1c(COCCN2CCCC2)cccc1-c1cccc(COc2cc(OCc3cncc(C#N)c3)c(CN(C)C(CO)CO)cc2Cl)c1C. The molecular formula is C40H47ClN4O5. The number of aliphatic hydroxyl groups excluding tert-OH is 2. The van der Waals surface area contributed by atoms with Gasteiger partial charge >= 0.3 is 0 Å². The van der Waals surface area contributed by atoms with Gasteiger partial charge in [0.15, 0.2) is 0 Å². The van der Waals surface area contributed by atoms with Crippen LogP contribution in [0.3, 0.4) is 0 Å². The Hall–Kier alpha value is -4.01. The summed E-state index contributed by atoms with van der Waals surface area (Å²) in [6, 6.07) is 19.6. The minimum absolute atomic E-state index is 0.173. The third-order valence-corrected chi connectivity index (χ3v) is 9.77. The smallest absolute Gasteiger partial charge is 0.142 e. The number of nitrogens with zero attached hydrogens (tertiary/aromatic N) is 4. The van der Waals surface area contributed by atoms with Crippen molar-refractivity contribution < 1.29 is 24.4 Å². The van der Waals surface area contributed by atoms with Crippen LogP contribution in [0, 0.1) is 25.2 Å². The van der Waals surface area contributed by atoms with Gasteiger partial charge in [-0.05, 0) is 92.3 Å². The van der Waals surface area contributed by atoms with Gasteiger partial charge in [-0.15, -0.1) is 0 Å². The molecule has 0 radical (unpaired) electrons. The first-order chi connectivity index (χ1) is 24.3. The Balaban J connectivity index is 1.32. The summed E-state index contributed by atoms with van der Waals surface area (Å²) >= 11 is 6.79. The Bertz CT molecular complexity index is 1770.